The van der Waals surface area contributed by atoms with Crippen molar-refractivity contribution in [2.75, 3.05) is 46.5 Å². The third-order valence-electron chi connectivity index (χ3n) is 4.65. The van der Waals surface area contributed by atoms with Gasteiger partial charge in [0.1, 0.15) is 5.60 Å². The molecule has 0 bridgehead atoms. The van der Waals surface area contributed by atoms with Crippen LogP contribution in [0, 0.1) is 5.92 Å². The first-order valence-corrected chi connectivity index (χ1v) is 7.38. The largest absolute Gasteiger partial charge is 0.378 e. The molecule has 3 fully saturated rings. The molecule has 104 valence electrons. The number of nitrogens with zero attached hydrogens (tertiary/aromatic N) is 1. The van der Waals surface area contributed by atoms with Crippen LogP contribution in [-0.2, 0) is 9.47 Å². The van der Waals surface area contributed by atoms with E-state index in [1.807, 2.05) is 7.11 Å². The molecule has 18 heavy (non-hydrogen) atoms. The molecule has 3 aliphatic rings. The van der Waals surface area contributed by atoms with Crippen LogP contribution in [0.1, 0.15) is 25.7 Å². The third-order valence-corrected chi connectivity index (χ3v) is 4.65. The van der Waals surface area contributed by atoms with Crippen LogP contribution in [-0.4, -0.2) is 63.0 Å². The average molecular weight is 254 g/mol. The average Bonchev–Trinajstić information content (AvgIpc) is 2.93. The first kappa shape index (κ1) is 12.9. The van der Waals surface area contributed by atoms with Gasteiger partial charge in [-0.25, -0.2) is 0 Å². The Kier molecular flexibility index (Phi) is 3.89. The van der Waals surface area contributed by atoms with E-state index < -0.39 is 0 Å². The zero-order valence-corrected chi connectivity index (χ0v) is 11.5. The van der Waals surface area contributed by atoms with E-state index in [0.29, 0.717) is 0 Å². The van der Waals surface area contributed by atoms with Gasteiger partial charge in [-0.15, -0.1) is 0 Å². The maximum absolute atomic E-state index is 5.72. The second-order valence-electron chi connectivity index (χ2n) is 6.26. The molecule has 3 rings (SSSR count). The molecule has 0 aromatic carbocycles. The molecule has 0 aromatic rings. The van der Waals surface area contributed by atoms with Crippen molar-refractivity contribution in [1.82, 2.24) is 10.2 Å². The van der Waals surface area contributed by atoms with E-state index in [2.05, 4.69) is 10.2 Å². The fourth-order valence-electron chi connectivity index (χ4n) is 3.19. The Bertz CT molecular complexity index is 275. The van der Waals surface area contributed by atoms with Crippen molar-refractivity contribution in [3.63, 3.8) is 0 Å². The van der Waals surface area contributed by atoms with Gasteiger partial charge in [-0.3, -0.25) is 0 Å². The lowest BCUT2D eigenvalue weighted by Gasteiger charge is -2.31. The van der Waals surface area contributed by atoms with Crippen LogP contribution >= 0.6 is 0 Å². The standard InChI is InChI=1S/C14H26N2O2/c1-17-14(5-7-18-11-14)10-16-6-4-12(9-16)8-15-13-2-3-13/h12-13,15H,2-11H2,1H3. The molecule has 2 heterocycles. The van der Waals surface area contributed by atoms with Gasteiger partial charge >= 0.3 is 0 Å². The van der Waals surface area contributed by atoms with E-state index >= 15 is 0 Å². The molecule has 0 radical (unpaired) electrons. The van der Waals surface area contributed by atoms with Gasteiger partial charge in [0.25, 0.3) is 0 Å². The fourth-order valence-corrected chi connectivity index (χ4v) is 3.19. The first-order chi connectivity index (χ1) is 8.80. The molecular weight excluding hydrogens is 228 g/mol. The van der Waals surface area contributed by atoms with Gasteiger partial charge in [0, 0.05) is 39.3 Å². The summed E-state index contributed by atoms with van der Waals surface area (Å²) in [6.45, 7) is 6.33. The third kappa shape index (κ3) is 3.05. The Labute approximate surface area is 110 Å². The van der Waals surface area contributed by atoms with Crippen molar-refractivity contribution < 1.29 is 9.47 Å². The number of ether oxygens (including phenoxy) is 2. The molecule has 0 amide bonds. The van der Waals surface area contributed by atoms with Crippen molar-refractivity contribution in [3.8, 4) is 0 Å². The zero-order chi connectivity index (χ0) is 12.4. The summed E-state index contributed by atoms with van der Waals surface area (Å²) in [6, 6.07) is 0.840. The first-order valence-electron chi connectivity index (χ1n) is 7.38. The summed E-state index contributed by atoms with van der Waals surface area (Å²) in [5.74, 6) is 0.835. The molecular formula is C14H26N2O2. The number of nitrogens with one attached hydrogen (secondary N) is 1. The topological polar surface area (TPSA) is 33.7 Å². The number of likely N-dealkylation sites (tertiary alicyclic amines) is 1. The second-order valence-corrected chi connectivity index (χ2v) is 6.26. The van der Waals surface area contributed by atoms with E-state index in [1.54, 1.807) is 0 Å². The smallest absolute Gasteiger partial charge is 0.106 e. The minimum Gasteiger partial charge on any atom is -0.378 e. The van der Waals surface area contributed by atoms with Crippen LogP contribution in [0.25, 0.3) is 0 Å². The molecule has 0 aromatic heterocycles. The van der Waals surface area contributed by atoms with Gasteiger partial charge < -0.3 is 19.7 Å². The maximum Gasteiger partial charge on any atom is 0.106 e. The maximum atomic E-state index is 5.72. The predicted molar refractivity (Wildman–Crippen MR) is 70.7 cm³/mol. The van der Waals surface area contributed by atoms with E-state index in [-0.39, 0.29) is 5.60 Å². The van der Waals surface area contributed by atoms with Crippen molar-refractivity contribution in [1.29, 1.82) is 0 Å². The highest BCUT2D eigenvalue weighted by molar-refractivity contribution is 4.91. The monoisotopic (exact) mass is 254 g/mol. The fraction of sp³-hybridized carbons (Fsp3) is 1.00. The van der Waals surface area contributed by atoms with Gasteiger partial charge in [-0.05, 0) is 38.3 Å². The number of hydrogen-bond acceptors (Lipinski definition) is 4. The Morgan fingerprint density at radius 3 is 2.94 bits per heavy atom. The highest BCUT2D eigenvalue weighted by Crippen LogP contribution is 2.27. The van der Waals surface area contributed by atoms with Crippen LogP contribution in [0.4, 0.5) is 0 Å². The van der Waals surface area contributed by atoms with Gasteiger partial charge in [0.15, 0.2) is 0 Å². The summed E-state index contributed by atoms with van der Waals surface area (Å²) in [5.41, 5.74) is -0.0290. The number of rotatable bonds is 6. The molecule has 4 nitrogen and oxygen atoms in total. The Morgan fingerprint density at radius 1 is 1.39 bits per heavy atom. The van der Waals surface area contributed by atoms with Crippen LogP contribution < -0.4 is 5.32 Å². The molecule has 2 saturated heterocycles. The minimum atomic E-state index is -0.0290. The molecule has 2 atom stereocenters. The Balaban J connectivity index is 1.43. The van der Waals surface area contributed by atoms with E-state index in [9.17, 15) is 0 Å². The lowest BCUT2D eigenvalue weighted by atomic mass is 10.0. The normalized spacial score (nSPS) is 37.5. The zero-order valence-electron chi connectivity index (χ0n) is 11.5. The Morgan fingerprint density at radius 2 is 2.28 bits per heavy atom. The number of methoxy groups -OCH3 is 1. The second kappa shape index (κ2) is 5.45. The number of hydrogen-bond donors (Lipinski definition) is 1. The highest BCUT2D eigenvalue weighted by atomic mass is 16.5. The lowest BCUT2D eigenvalue weighted by molar-refractivity contribution is -0.0375. The highest BCUT2D eigenvalue weighted by Gasteiger charge is 2.38. The molecule has 0 spiro atoms. The van der Waals surface area contributed by atoms with E-state index in [0.717, 1.165) is 38.1 Å². The van der Waals surface area contributed by atoms with Crippen molar-refractivity contribution in [3.05, 3.63) is 0 Å². The van der Waals surface area contributed by atoms with Gasteiger partial charge in [-0.2, -0.15) is 0 Å². The molecule has 1 saturated carbocycles. The predicted octanol–water partition coefficient (Wildman–Crippen LogP) is 0.866. The Hall–Kier alpha value is -0.160. The quantitative estimate of drug-likeness (QED) is 0.762. The summed E-state index contributed by atoms with van der Waals surface area (Å²) in [6.07, 6.45) is 5.16. The molecule has 2 unspecified atom stereocenters. The lowest BCUT2D eigenvalue weighted by Crippen LogP contribution is -2.44. The van der Waals surface area contributed by atoms with Crippen molar-refractivity contribution in [2.24, 2.45) is 5.92 Å². The van der Waals surface area contributed by atoms with Crippen LogP contribution in [0.15, 0.2) is 0 Å². The minimum absolute atomic E-state index is 0.0290. The summed E-state index contributed by atoms with van der Waals surface area (Å²) in [5, 5.41) is 3.65. The van der Waals surface area contributed by atoms with Crippen LogP contribution in [0.2, 0.25) is 0 Å². The summed E-state index contributed by atoms with van der Waals surface area (Å²) < 4.78 is 11.2. The SMILES string of the molecule is COC1(CN2CCC(CNC3CC3)C2)CCOC1. The van der Waals surface area contributed by atoms with Crippen molar-refractivity contribution >= 4 is 0 Å². The molecule has 1 aliphatic carbocycles. The summed E-state index contributed by atoms with van der Waals surface area (Å²) in [4.78, 5) is 2.57. The van der Waals surface area contributed by atoms with Gasteiger partial charge in [0.05, 0.1) is 6.61 Å². The van der Waals surface area contributed by atoms with Gasteiger partial charge in [0.2, 0.25) is 0 Å². The molecule has 4 heteroatoms. The van der Waals surface area contributed by atoms with Crippen LogP contribution in [0.3, 0.4) is 0 Å². The molecule has 1 N–H and O–H groups in total. The van der Waals surface area contributed by atoms with Crippen molar-refractivity contribution in [2.45, 2.75) is 37.3 Å². The van der Waals surface area contributed by atoms with Gasteiger partial charge in [-0.1, -0.05) is 0 Å². The summed E-state index contributed by atoms with van der Waals surface area (Å²) >= 11 is 0. The molecule has 2 aliphatic heterocycles. The van der Waals surface area contributed by atoms with E-state index in [4.69, 9.17) is 9.47 Å². The van der Waals surface area contributed by atoms with Crippen LogP contribution in [0.5, 0.6) is 0 Å². The summed E-state index contributed by atoms with van der Waals surface area (Å²) in [7, 11) is 1.83. The van der Waals surface area contributed by atoms with E-state index in [1.165, 1.54) is 38.9 Å².